The van der Waals surface area contributed by atoms with Gasteiger partial charge in [0.05, 0.1) is 0 Å². The van der Waals surface area contributed by atoms with Crippen LogP contribution in [0.25, 0.3) is 6.08 Å². The molecule has 0 aromatic heterocycles. The van der Waals surface area contributed by atoms with Gasteiger partial charge in [-0.15, -0.1) is 0 Å². The topological polar surface area (TPSA) is 32.3 Å². The van der Waals surface area contributed by atoms with E-state index in [2.05, 4.69) is 18.3 Å². The van der Waals surface area contributed by atoms with E-state index in [1.165, 1.54) is 5.56 Å². The second kappa shape index (κ2) is 5.53. The summed E-state index contributed by atoms with van der Waals surface area (Å²) in [5.74, 6) is 0. The Hall–Kier alpha value is -1.77. The van der Waals surface area contributed by atoms with Crippen LogP contribution in [0.2, 0.25) is 0 Å². The van der Waals surface area contributed by atoms with E-state index in [0.717, 1.165) is 31.5 Å². The average molecular weight is 230 g/mol. The van der Waals surface area contributed by atoms with Crippen LogP contribution < -0.4 is 5.32 Å². The summed E-state index contributed by atoms with van der Waals surface area (Å²) in [7, 11) is 0. The van der Waals surface area contributed by atoms with Crippen LogP contribution in [0.1, 0.15) is 24.0 Å². The highest BCUT2D eigenvalue weighted by Gasteiger charge is 2.16. The summed E-state index contributed by atoms with van der Waals surface area (Å²) in [6, 6.07) is 8.10. The molecule has 0 spiro atoms. The van der Waals surface area contributed by atoms with Crippen LogP contribution in [-0.4, -0.2) is 24.0 Å². The van der Waals surface area contributed by atoms with Crippen molar-refractivity contribution in [3.05, 3.63) is 41.6 Å². The van der Waals surface area contributed by atoms with Gasteiger partial charge in [-0.05, 0) is 37.0 Å². The number of hydrogen-bond donors (Lipinski definition) is 1. The number of rotatable bonds is 2. The summed E-state index contributed by atoms with van der Waals surface area (Å²) < 4.78 is 0. The third kappa shape index (κ3) is 3.09. The molecule has 2 rings (SSSR count). The molecule has 1 heterocycles. The number of benzene rings is 1. The summed E-state index contributed by atoms with van der Waals surface area (Å²) in [4.78, 5) is 13.5. The highest BCUT2D eigenvalue weighted by atomic mass is 16.2. The Balaban J connectivity index is 1.89. The van der Waals surface area contributed by atoms with E-state index >= 15 is 0 Å². The Morgan fingerprint density at radius 2 is 2.00 bits per heavy atom. The molecular weight excluding hydrogens is 212 g/mol. The molecule has 90 valence electrons. The molecule has 17 heavy (non-hydrogen) atoms. The standard InChI is InChI=1S/C14H18N2O/c1-12-6-2-3-7-13(12)8-9-15-14(17)16-10-4-5-11-16/h2-3,6-9H,4-5,10-11H2,1H3,(H,15,17)/b9-8+. The zero-order valence-electron chi connectivity index (χ0n) is 10.1. The van der Waals surface area contributed by atoms with Gasteiger partial charge in [-0.25, -0.2) is 4.79 Å². The molecule has 2 amide bonds. The van der Waals surface area contributed by atoms with E-state index in [0.29, 0.717) is 0 Å². The lowest BCUT2D eigenvalue weighted by atomic mass is 10.1. The Kier molecular flexibility index (Phi) is 3.81. The minimum atomic E-state index is 0.00679. The molecule has 0 radical (unpaired) electrons. The lowest BCUT2D eigenvalue weighted by Crippen LogP contribution is -2.34. The second-order valence-electron chi connectivity index (χ2n) is 4.33. The minimum absolute atomic E-state index is 0.00679. The molecule has 0 atom stereocenters. The predicted octanol–water partition coefficient (Wildman–Crippen LogP) is 2.77. The van der Waals surface area contributed by atoms with Gasteiger partial charge in [0, 0.05) is 19.3 Å². The molecule has 3 nitrogen and oxygen atoms in total. The Morgan fingerprint density at radius 1 is 1.29 bits per heavy atom. The van der Waals surface area contributed by atoms with E-state index < -0.39 is 0 Å². The zero-order valence-corrected chi connectivity index (χ0v) is 10.1. The lowest BCUT2D eigenvalue weighted by Gasteiger charge is -2.13. The molecule has 1 N–H and O–H groups in total. The summed E-state index contributed by atoms with van der Waals surface area (Å²) in [6.07, 6.45) is 5.90. The molecule has 1 aromatic rings. The lowest BCUT2D eigenvalue weighted by molar-refractivity contribution is 0.212. The van der Waals surface area contributed by atoms with Gasteiger partial charge in [-0.2, -0.15) is 0 Å². The Bertz CT molecular complexity index is 420. The number of urea groups is 1. The molecule has 0 bridgehead atoms. The summed E-state index contributed by atoms with van der Waals surface area (Å²) >= 11 is 0. The van der Waals surface area contributed by atoms with Crippen LogP contribution in [0.15, 0.2) is 30.5 Å². The molecule has 1 saturated heterocycles. The maximum absolute atomic E-state index is 11.7. The van der Waals surface area contributed by atoms with Crippen molar-refractivity contribution < 1.29 is 4.79 Å². The average Bonchev–Trinajstić information content (AvgIpc) is 2.85. The molecule has 3 heteroatoms. The fourth-order valence-electron chi connectivity index (χ4n) is 1.99. The molecule has 1 aliphatic heterocycles. The summed E-state index contributed by atoms with van der Waals surface area (Å²) in [6.45, 7) is 3.82. The van der Waals surface area contributed by atoms with Crippen LogP contribution in [0, 0.1) is 6.92 Å². The van der Waals surface area contributed by atoms with Crippen LogP contribution in [0.4, 0.5) is 4.79 Å². The van der Waals surface area contributed by atoms with E-state index in [4.69, 9.17) is 0 Å². The van der Waals surface area contributed by atoms with Crippen molar-refractivity contribution in [2.75, 3.05) is 13.1 Å². The van der Waals surface area contributed by atoms with E-state index in [9.17, 15) is 4.79 Å². The van der Waals surface area contributed by atoms with Gasteiger partial charge in [0.2, 0.25) is 0 Å². The van der Waals surface area contributed by atoms with Crippen molar-refractivity contribution in [2.24, 2.45) is 0 Å². The fourth-order valence-corrected chi connectivity index (χ4v) is 1.99. The molecule has 0 saturated carbocycles. The van der Waals surface area contributed by atoms with Crippen molar-refractivity contribution in [1.82, 2.24) is 10.2 Å². The van der Waals surface area contributed by atoms with Gasteiger partial charge in [-0.1, -0.05) is 24.3 Å². The first-order valence-corrected chi connectivity index (χ1v) is 6.05. The Morgan fingerprint density at radius 3 is 2.71 bits per heavy atom. The smallest absolute Gasteiger partial charge is 0.321 e. The first-order chi connectivity index (χ1) is 8.27. The number of nitrogens with one attached hydrogen (secondary N) is 1. The van der Waals surface area contributed by atoms with Gasteiger partial charge in [0.15, 0.2) is 0 Å². The minimum Gasteiger partial charge on any atom is -0.325 e. The van der Waals surface area contributed by atoms with Crippen LogP contribution in [0.3, 0.4) is 0 Å². The summed E-state index contributed by atoms with van der Waals surface area (Å²) in [5.41, 5.74) is 2.34. The van der Waals surface area contributed by atoms with Crippen LogP contribution in [-0.2, 0) is 0 Å². The van der Waals surface area contributed by atoms with E-state index in [1.807, 2.05) is 29.2 Å². The van der Waals surface area contributed by atoms with Crippen molar-refractivity contribution in [2.45, 2.75) is 19.8 Å². The maximum Gasteiger partial charge on any atom is 0.321 e. The molecule has 0 aliphatic carbocycles. The number of aryl methyl sites for hydroxylation is 1. The SMILES string of the molecule is Cc1ccccc1/C=C/NC(=O)N1CCCC1. The maximum atomic E-state index is 11.7. The van der Waals surface area contributed by atoms with Gasteiger partial charge in [0.25, 0.3) is 0 Å². The van der Waals surface area contributed by atoms with Crippen molar-refractivity contribution >= 4 is 12.1 Å². The number of likely N-dealkylation sites (tertiary alicyclic amines) is 1. The third-order valence-electron chi connectivity index (χ3n) is 3.05. The predicted molar refractivity (Wildman–Crippen MR) is 69.6 cm³/mol. The molecule has 1 aromatic carbocycles. The van der Waals surface area contributed by atoms with E-state index in [1.54, 1.807) is 6.20 Å². The van der Waals surface area contributed by atoms with Crippen molar-refractivity contribution in [3.63, 3.8) is 0 Å². The normalized spacial score (nSPS) is 15.5. The number of carbonyl (C=O) groups is 1. The van der Waals surface area contributed by atoms with Crippen LogP contribution >= 0.6 is 0 Å². The number of hydrogen-bond acceptors (Lipinski definition) is 1. The molecule has 1 aliphatic rings. The molecule has 0 unspecified atom stereocenters. The first kappa shape index (κ1) is 11.7. The highest BCUT2D eigenvalue weighted by Crippen LogP contribution is 2.09. The fraction of sp³-hybridized carbons (Fsp3) is 0.357. The quantitative estimate of drug-likeness (QED) is 0.832. The number of carbonyl (C=O) groups excluding carboxylic acids is 1. The van der Waals surface area contributed by atoms with Crippen molar-refractivity contribution in [3.8, 4) is 0 Å². The van der Waals surface area contributed by atoms with Gasteiger partial charge in [0.1, 0.15) is 0 Å². The van der Waals surface area contributed by atoms with Crippen LogP contribution in [0.5, 0.6) is 0 Å². The molecular formula is C14H18N2O. The van der Waals surface area contributed by atoms with Gasteiger partial charge in [-0.3, -0.25) is 0 Å². The number of amides is 2. The first-order valence-electron chi connectivity index (χ1n) is 6.05. The van der Waals surface area contributed by atoms with E-state index in [-0.39, 0.29) is 6.03 Å². The number of nitrogens with zero attached hydrogens (tertiary/aromatic N) is 1. The largest absolute Gasteiger partial charge is 0.325 e. The van der Waals surface area contributed by atoms with Gasteiger partial charge >= 0.3 is 6.03 Å². The molecule has 1 fully saturated rings. The van der Waals surface area contributed by atoms with Gasteiger partial charge < -0.3 is 10.2 Å². The zero-order chi connectivity index (χ0) is 12.1. The third-order valence-corrected chi connectivity index (χ3v) is 3.05. The van der Waals surface area contributed by atoms with Crippen molar-refractivity contribution in [1.29, 1.82) is 0 Å². The summed E-state index contributed by atoms with van der Waals surface area (Å²) in [5, 5.41) is 2.81. The monoisotopic (exact) mass is 230 g/mol. The Labute approximate surface area is 102 Å². The highest BCUT2D eigenvalue weighted by molar-refractivity contribution is 5.76. The second-order valence-corrected chi connectivity index (χ2v) is 4.33.